The molecule has 3 rings (SSSR count). The lowest BCUT2D eigenvalue weighted by molar-refractivity contribution is -0.136. The van der Waals surface area contributed by atoms with Crippen LogP contribution in [0, 0.1) is 0 Å². The lowest BCUT2D eigenvalue weighted by Crippen LogP contribution is -2.26. The van der Waals surface area contributed by atoms with E-state index in [1.165, 1.54) is 10.6 Å². The molecular weight excluding hydrogens is 348 g/mol. The van der Waals surface area contributed by atoms with Gasteiger partial charge >= 0.3 is 5.97 Å². The monoisotopic (exact) mass is 368 g/mol. The van der Waals surface area contributed by atoms with Gasteiger partial charge in [0.05, 0.1) is 23.2 Å². The van der Waals surface area contributed by atoms with Crippen molar-refractivity contribution in [2.24, 2.45) is 11.6 Å². The van der Waals surface area contributed by atoms with Gasteiger partial charge in [-0.3, -0.25) is 4.79 Å². The first-order chi connectivity index (χ1) is 12.5. The highest BCUT2D eigenvalue weighted by Gasteiger charge is 2.08. The molecular formula is C19H20N4O2S. The summed E-state index contributed by atoms with van der Waals surface area (Å²) in [6, 6.07) is 16.4. The lowest BCUT2D eigenvalue weighted by Gasteiger charge is -2.12. The first-order valence-electron chi connectivity index (χ1n) is 8.15. The Morgan fingerprint density at radius 3 is 2.65 bits per heavy atom. The second-order valence-electron chi connectivity index (χ2n) is 5.93. The van der Waals surface area contributed by atoms with Crippen LogP contribution in [0.2, 0.25) is 0 Å². The van der Waals surface area contributed by atoms with Gasteiger partial charge in [0, 0.05) is 11.9 Å². The van der Waals surface area contributed by atoms with Crippen molar-refractivity contribution >= 4 is 27.5 Å². The van der Waals surface area contributed by atoms with Gasteiger partial charge in [0.2, 0.25) is 0 Å². The molecule has 0 fully saturated rings. The predicted molar refractivity (Wildman–Crippen MR) is 104 cm³/mol. The molecule has 0 saturated heterocycles. The van der Waals surface area contributed by atoms with Crippen molar-refractivity contribution in [3.05, 3.63) is 65.4 Å². The van der Waals surface area contributed by atoms with Gasteiger partial charge in [-0.2, -0.15) is 0 Å². The molecule has 134 valence electrons. The Labute approximate surface area is 155 Å². The number of nitrogens with zero attached hydrogens (tertiary/aromatic N) is 2. The van der Waals surface area contributed by atoms with Crippen molar-refractivity contribution in [1.29, 1.82) is 0 Å². The molecule has 7 heteroatoms. The summed E-state index contributed by atoms with van der Waals surface area (Å²) in [6.07, 6.45) is 1.81. The van der Waals surface area contributed by atoms with Gasteiger partial charge in [0.1, 0.15) is 5.01 Å². The minimum Gasteiger partial charge on any atom is -0.481 e. The normalized spacial score (nSPS) is 11.7. The van der Waals surface area contributed by atoms with Gasteiger partial charge in [-0.25, -0.2) is 10.8 Å². The summed E-state index contributed by atoms with van der Waals surface area (Å²) >= 11 is 1.58. The van der Waals surface area contributed by atoms with E-state index >= 15 is 0 Å². The lowest BCUT2D eigenvalue weighted by atomic mass is 10.1. The molecule has 1 heterocycles. The van der Waals surface area contributed by atoms with Crippen LogP contribution in [0.1, 0.15) is 17.8 Å². The summed E-state index contributed by atoms with van der Waals surface area (Å²) in [5.74, 6) is 5.07. The number of hydrogen-bond donors (Lipinski definition) is 3. The van der Waals surface area contributed by atoms with Crippen molar-refractivity contribution in [2.45, 2.75) is 19.4 Å². The van der Waals surface area contributed by atoms with Gasteiger partial charge < -0.3 is 15.8 Å². The molecule has 0 bridgehead atoms. The summed E-state index contributed by atoms with van der Waals surface area (Å²) in [5, 5.41) is 11.0. The number of hydrogen-bond acceptors (Lipinski definition) is 6. The van der Waals surface area contributed by atoms with E-state index in [2.05, 4.69) is 29.2 Å². The molecule has 1 aromatic heterocycles. The van der Waals surface area contributed by atoms with E-state index in [0.29, 0.717) is 12.2 Å². The fraction of sp³-hybridized carbons (Fsp3) is 0.158. The smallest absolute Gasteiger partial charge is 0.303 e. The van der Waals surface area contributed by atoms with Crippen molar-refractivity contribution in [2.75, 3.05) is 0 Å². The fourth-order valence-electron chi connectivity index (χ4n) is 2.58. The molecule has 5 N–H and O–H groups in total. The molecule has 6 nitrogen and oxygen atoms in total. The third-order valence-corrected chi connectivity index (χ3v) is 4.82. The number of allylic oxidation sites excluding steroid dienone is 1. The molecule has 3 aromatic rings. The molecule has 0 aliphatic heterocycles. The second kappa shape index (κ2) is 7.99. The van der Waals surface area contributed by atoms with Crippen LogP contribution in [0.25, 0.3) is 21.3 Å². The van der Waals surface area contributed by atoms with Crippen LogP contribution in [0.15, 0.2) is 60.4 Å². The highest BCUT2D eigenvalue weighted by atomic mass is 32.1. The van der Waals surface area contributed by atoms with Crippen LogP contribution in [0.4, 0.5) is 0 Å². The van der Waals surface area contributed by atoms with Gasteiger partial charge in [-0.05, 0) is 29.7 Å². The molecule has 26 heavy (non-hydrogen) atoms. The van der Waals surface area contributed by atoms with Crippen molar-refractivity contribution in [1.82, 2.24) is 9.99 Å². The van der Waals surface area contributed by atoms with E-state index in [-0.39, 0.29) is 12.8 Å². The van der Waals surface area contributed by atoms with Crippen LogP contribution < -0.4 is 11.6 Å². The van der Waals surface area contributed by atoms with E-state index in [4.69, 9.17) is 16.7 Å². The molecule has 0 unspecified atom stereocenters. The first-order valence-corrected chi connectivity index (χ1v) is 8.97. The zero-order valence-corrected chi connectivity index (χ0v) is 14.9. The van der Waals surface area contributed by atoms with E-state index in [1.54, 1.807) is 17.5 Å². The minimum absolute atomic E-state index is 0.0143. The average molecular weight is 368 g/mol. The topological polar surface area (TPSA) is 105 Å². The summed E-state index contributed by atoms with van der Waals surface area (Å²) in [7, 11) is 0. The van der Waals surface area contributed by atoms with Gasteiger partial charge in [0.25, 0.3) is 0 Å². The standard InChI is InChI=1S/C19H20N4O2S/c20-15(7-9-19(24)25)11-23(21)12-18-22-16-8-6-14(10-17(16)26-18)13-4-2-1-3-5-13/h1-6,8,10-11H,7,9,12,20-21H2,(H,24,25)/b15-11-. The number of hydrazine groups is 1. The number of rotatable bonds is 7. The fourth-order valence-corrected chi connectivity index (χ4v) is 3.60. The van der Waals surface area contributed by atoms with E-state index in [1.807, 2.05) is 24.3 Å². The van der Waals surface area contributed by atoms with Gasteiger partial charge in [-0.1, -0.05) is 36.4 Å². The Hall–Kier alpha value is -2.90. The third kappa shape index (κ3) is 4.59. The van der Waals surface area contributed by atoms with Gasteiger partial charge in [0.15, 0.2) is 0 Å². The predicted octanol–water partition coefficient (Wildman–Crippen LogP) is 3.30. The average Bonchev–Trinajstić information content (AvgIpc) is 3.01. The SMILES string of the molecule is N/C(=C\N(N)Cc1nc2ccc(-c3ccccc3)cc2s1)CCC(=O)O. The molecule has 0 radical (unpaired) electrons. The van der Waals surface area contributed by atoms with Crippen molar-refractivity contribution < 1.29 is 9.90 Å². The number of aromatic nitrogens is 1. The molecule has 0 atom stereocenters. The molecule has 0 saturated carbocycles. The van der Waals surface area contributed by atoms with E-state index in [9.17, 15) is 4.79 Å². The summed E-state index contributed by atoms with van der Waals surface area (Å²) in [5.41, 5.74) is 9.47. The van der Waals surface area contributed by atoms with Crippen LogP contribution in [0.3, 0.4) is 0 Å². The maximum atomic E-state index is 10.6. The number of fused-ring (bicyclic) bond motifs is 1. The number of carboxylic acid groups (broad SMARTS) is 1. The zero-order chi connectivity index (χ0) is 18.5. The van der Waals surface area contributed by atoms with E-state index in [0.717, 1.165) is 20.8 Å². The first kappa shape index (κ1) is 17.9. The summed E-state index contributed by atoms with van der Waals surface area (Å²) in [4.78, 5) is 15.2. The quantitative estimate of drug-likeness (QED) is 0.436. The number of aliphatic carboxylic acids is 1. The zero-order valence-electron chi connectivity index (χ0n) is 14.1. The Balaban J connectivity index is 1.73. The highest BCUT2D eigenvalue weighted by molar-refractivity contribution is 7.18. The third-order valence-electron chi connectivity index (χ3n) is 3.82. The Bertz CT molecular complexity index is 937. The van der Waals surface area contributed by atoms with Gasteiger partial charge in [-0.15, -0.1) is 11.3 Å². The van der Waals surface area contributed by atoms with Crippen LogP contribution in [-0.4, -0.2) is 21.1 Å². The minimum atomic E-state index is -0.884. The number of carbonyl (C=O) groups is 1. The highest BCUT2D eigenvalue weighted by Crippen LogP contribution is 2.28. The maximum Gasteiger partial charge on any atom is 0.303 e. The van der Waals surface area contributed by atoms with Crippen molar-refractivity contribution in [3.63, 3.8) is 0 Å². The molecule has 0 aliphatic carbocycles. The Morgan fingerprint density at radius 1 is 1.15 bits per heavy atom. The molecule has 0 amide bonds. The van der Waals surface area contributed by atoms with E-state index < -0.39 is 5.97 Å². The Kier molecular flexibility index (Phi) is 5.50. The number of thiazole rings is 1. The Morgan fingerprint density at radius 2 is 1.92 bits per heavy atom. The number of benzene rings is 2. The summed E-state index contributed by atoms with van der Waals surface area (Å²) in [6.45, 7) is 0.411. The van der Waals surface area contributed by atoms with Crippen LogP contribution >= 0.6 is 11.3 Å². The second-order valence-corrected chi connectivity index (χ2v) is 7.04. The summed E-state index contributed by atoms with van der Waals surface area (Å²) < 4.78 is 1.09. The molecule has 0 spiro atoms. The van der Waals surface area contributed by atoms with Crippen molar-refractivity contribution in [3.8, 4) is 11.1 Å². The maximum absolute atomic E-state index is 10.6. The number of carboxylic acids is 1. The molecule has 2 aromatic carbocycles. The number of nitrogens with two attached hydrogens (primary N) is 2. The molecule has 0 aliphatic rings. The largest absolute Gasteiger partial charge is 0.481 e. The van der Waals surface area contributed by atoms with Crippen LogP contribution in [0.5, 0.6) is 0 Å². The van der Waals surface area contributed by atoms with Crippen LogP contribution in [-0.2, 0) is 11.3 Å².